The molecule has 5 heteroatoms. The lowest BCUT2D eigenvalue weighted by atomic mass is 10.3. The van der Waals surface area contributed by atoms with Crippen LogP contribution in [-0.2, 0) is 14.6 Å². The SMILES string of the molecule is Nc1ccccc1S(=O)(=O)[C@H]1CCOC1. The molecular weight excluding hydrogens is 214 g/mol. The van der Waals surface area contributed by atoms with Crippen molar-refractivity contribution >= 4 is 15.5 Å². The van der Waals surface area contributed by atoms with Gasteiger partial charge in [-0.05, 0) is 18.6 Å². The van der Waals surface area contributed by atoms with E-state index >= 15 is 0 Å². The summed E-state index contributed by atoms with van der Waals surface area (Å²) >= 11 is 0. The van der Waals surface area contributed by atoms with Gasteiger partial charge in [0.2, 0.25) is 0 Å². The fraction of sp³-hybridized carbons (Fsp3) is 0.400. The normalized spacial score (nSPS) is 21.7. The van der Waals surface area contributed by atoms with Gasteiger partial charge in [-0.3, -0.25) is 0 Å². The predicted octanol–water partition coefficient (Wildman–Crippen LogP) is 0.831. The maximum absolute atomic E-state index is 12.1. The average Bonchev–Trinajstić information content (AvgIpc) is 2.71. The minimum Gasteiger partial charge on any atom is -0.398 e. The number of hydrogen-bond donors (Lipinski definition) is 1. The molecule has 0 unspecified atom stereocenters. The zero-order valence-corrected chi connectivity index (χ0v) is 9.03. The second kappa shape index (κ2) is 3.83. The highest BCUT2D eigenvalue weighted by atomic mass is 32.2. The summed E-state index contributed by atoms with van der Waals surface area (Å²) in [5.74, 6) is 0. The number of para-hydroxylation sites is 1. The Hall–Kier alpha value is -1.07. The lowest BCUT2D eigenvalue weighted by Gasteiger charge is -2.11. The van der Waals surface area contributed by atoms with Crippen LogP contribution in [0.1, 0.15) is 6.42 Å². The molecule has 2 rings (SSSR count). The summed E-state index contributed by atoms with van der Waals surface area (Å²) < 4.78 is 29.3. The Morgan fingerprint density at radius 3 is 2.67 bits per heavy atom. The zero-order chi connectivity index (χ0) is 10.9. The standard InChI is InChI=1S/C10H13NO3S/c11-9-3-1-2-4-10(9)15(12,13)8-5-6-14-7-8/h1-4,8H,5-7,11H2/t8-/m0/s1. The molecule has 0 spiro atoms. The Labute approximate surface area is 89.0 Å². The highest BCUT2D eigenvalue weighted by Gasteiger charge is 2.32. The zero-order valence-electron chi connectivity index (χ0n) is 8.22. The van der Waals surface area contributed by atoms with E-state index in [0.29, 0.717) is 18.7 Å². The molecule has 0 saturated carbocycles. The van der Waals surface area contributed by atoms with E-state index in [1.54, 1.807) is 24.3 Å². The Bertz CT molecular complexity index is 449. The van der Waals surface area contributed by atoms with Crippen LogP contribution < -0.4 is 5.73 Å². The highest BCUT2D eigenvalue weighted by Crippen LogP contribution is 2.26. The number of nitrogen functional groups attached to an aromatic ring is 1. The van der Waals surface area contributed by atoms with E-state index in [2.05, 4.69) is 0 Å². The third-order valence-electron chi connectivity index (χ3n) is 2.55. The molecule has 0 aliphatic carbocycles. The van der Waals surface area contributed by atoms with Crippen LogP contribution in [0.25, 0.3) is 0 Å². The molecule has 0 amide bonds. The lowest BCUT2D eigenvalue weighted by Crippen LogP contribution is -2.22. The summed E-state index contributed by atoms with van der Waals surface area (Å²) in [7, 11) is -3.32. The number of benzene rings is 1. The van der Waals surface area contributed by atoms with Crippen LogP contribution in [0.3, 0.4) is 0 Å². The Morgan fingerprint density at radius 1 is 1.33 bits per heavy atom. The van der Waals surface area contributed by atoms with E-state index in [1.165, 1.54) is 0 Å². The fourth-order valence-corrected chi connectivity index (χ4v) is 3.38. The summed E-state index contributed by atoms with van der Waals surface area (Å²) in [6, 6.07) is 6.55. The predicted molar refractivity (Wildman–Crippen MR) is 57.3 cm³/mol. The molecule has 0 radical (unpaired) electrons. The molecule has 0 aromatic heterocycles. The van der Waals surface area contributed by atoms with Crippen LogP contribution in [0.15, 0.2) is 29.2 Å². The van der Waals surface area contributed by atoms with Gasteiger partial charge in [0, 0.05) is 6.61 Å². The number of anilines is 1. The first-order valence-corrected chi connectivity index (χ1v) is 6.33. The first-order valence-electron chi connectivity index (χ1n) is 4.78. The average molecular weight is 227 g/mol. The van der Waals surface area contributed by atoms with Gasteiger partial charge >= 0.3 is 0 Å². The van der Waals surface area contributed by atoms with Crippen molar-refractivity contribution in [3.8, 4) is 0 Å². The fourth-order valence-electron chi connectivity index (χ4n) is 1.68. The summed E-state index contributed by atoms with van der Waals surface area (Å²) in [5, 5.41) is -0.442. The molecule has 1 atom stereocenters. The maximum Gasteiger partial charge on any atom is 0.185 e. The third kappa shape index (κ3) is 1.85. The monoisotopic (exact) mass is 227 g/mol. The number of sulfone groups is 1. The first kappa shape index (κ1) is 10.4. The first-order chi connectivity index (χ1) is 7.12. The van der Waals surface area contributed by atoms with Crippen LogP contribution in [0.4, 0.5) is 5.69 Å². The second-order valence-electron chi connectivity index (χ2n) is 3.57. The summed E-state index contributed by atoms with van der Waals surface area (Å²) in [5.41, 5.74) is 5.96. The number of rotatable bonds is 2. The molecule has 15 heavy (non-hydrogen) atoms. The van der Waals surface area contributed by atoms with Gasteiger partial charge in [-0.1, -0.05) is 12.1 Å². The smallest absolute Gasteiger partial charge is 0.185 e. The van der Waals surface area contributed by atoms with Crippen LogP contribution in [0.2, 0.25) is 0 Å². The number of hydrogen-bond acceptors (Lipinski definition) is 4. The molecule has 0 bridgehead atoms. The number of nitrogens with two attached hydrogens (primary N) is 1. The molecular formula is C10H13NO3S. The van der Waals surface area contributed by atoms with E-state index in [4.69, 9.17) is 10.5 Å². The van der Waals surface area contributed by atoms with Gasteiger partial charge in [0.15, 0.2) is 9.84 Å². The van der Waals surface area contributed by atoms with E-state index in [9.17, 15) is 8.42 Å². The molecule has 2 N–H and O–H groups in total. The Kier molecular flexibility index (Phi) is 2.67. The molecule has 4 nitrogen and oxygen atoms in total. The molecule has 1 fully saturated rings. The summed E-state index contributed by atoms with van der Waals surface area (Å²) in [6.45, 7) is 0.785. The van der Waals surface area contributed by atoms with E-state index in [1.807, 2.05) is 0 Å². The van der Waals surface area contributed by atoms with Gasteiger partial charge in [0.1, 0.15) is 0 Å². The minimum absolute atomic E-state index is 0.223. The molecule has 1 aromatic carbocycles. The highest BCUT2D eigenvalue weighted by molar-refractivity contribution is 7.92. The topological polar surface area (TPSA) is 69.4 Å². The second-order valence-corrected chi connectivity index (χ2v) is 5.76. The van der Waals surface area contributed by atoms with Crippen molar-refractivity contribution in [2.45, 2.75) is 16.6 Å². The van der Waals surface area contributed by atoms with Crippen molar-refractivity contribution in [3.63, 3.8) is 0 Å². The molecule has 1 aromatic rings. The molecule has 1 aliphatic heterocycles. The minimum atomic E-state index is -3.32. The number of ether oxygens (including phenoxy) is 1. The molecule has 1 aliphatic rings. The van der Waals surface area contributed by atoms with Crippen LogP contribution >= 0.6 is 0 Å². The van der Waals surface area contributed by atoms with Crippen molar-refractivity contribution < 1.29 is 13.2 Å². The maximum atomic E-state index is 12.1. The third-order valence-corrected chi connectivity index (χ3v) is 4.79. The van der Waals surface area contributed by atoms with Gasteiger partial charge in [-0.15, -0.1) is 0 Å². The van der Waals surface area contributed by atoms with Gasteiger partial charge in [0.05, 0.1) is 22.4 Å². The van der Waals surface area contributed by atoms with E-state index in [-0.39, 0.29) is 11.5 Å². The van der Waals surface area contributed by atoms with Gasteiger partial charge < -0.3 is 10.5 Å². The van der Waals surface area contributed by atoms with Crippen LogP contribution in [0.5, 0.6) is 0 Å². The van der Waals surface area contributed by atoms with Crippen molar-refractivity contribution in [2.24, 2.45) is 0 Å². The molecule has 1 heterocycles. The molecule has 82 valence electrons. The largest absolute Gasteiger partial charge is 0.398 e. The van der Waals surface area contributed by atoms with Gasteiger partial charge in [0.25, 0.3) is 0 Å². The summed E-state index contributed by atoms with van der Waals surface area (Å²) in [4.78, 5) is 0.223. The summed E-state index contributed by atoms with van der Waals surface area (Å²) in [6.07, 6.45) is 0.552. The van der Waals surface area contributed by atoms with Gasteiger partial charge in [-0.2, -0.15) is 0 Å². The van der Waals surface area contributed by atoms with Crippen molar-refractivity contribution in [1.29, 1.82) is 0 Å². The molecule has 1 saturated heterocycles. The van der Waals surface area contributed by atoms with Crippen molar-refractivity contribution in [3.05, 3.63) is 24.3 Å². The van der Waals surface area contributed by atoms with Crippen LogP contribution in [0, 0.1) is 0 Å². The Balaban J connectivity index is 2.41. The Morgan fingerprint density at radius 2 is 2.07 bits per heavy atom. The van der Waals surface area contributed by atoms with Crippen LogP contribution in [-0.4, -0.2) is 26.9 Å². The van der Waals surface area contributed by atoms with Crippen molar-refractivity contribution in [1.82, 2.24) is 0 Å². The van der Waals surface area contributed by atoms with Crippen molar-refractivity contribution in [2.75, 3.05) is 18.9 Å². The lowest BCUT2D eigenvalue weighted by molar-refractivity contribution is 0.198. The van der Waals surface area contributed by atoms with E-state index in [0.717, 1.165) is 0 Å². The quantitative estimate of drug-likeness (QED) is 0.760. The van der Waals surface area contributed by atoms with E-state index < -0.39 is 15.1 Å². The van der Waals surface area contributed by atoms with Gasteiger partial charge in [-0.25, -0.2) is 8.42 Å².